The number of likely N-dealkylation sites (tertiary alicyclic amines) is 1. The van der Waals surface area contributed by atoms with Gasteiger partial charge in [-0.2, -0.15) is 0 Å². The van der Waals surface area contributed by atoms with E-state index in [4.69, 9.17) is 4.74 Å². The first kappa shape index (κ1) is 23.7. The van der Waals surface area contributed by atoms with Crippen molar-refractivity contribution < 1.29 is 9.53 Å². The zero-order valence-electron chi connectivity index (χ0n) is 18.0. The van der Waals surface area contributed by atoms with E-state index in [9.17, 15) is 4.79 Å². The Labute approximate surface area is 187 Å². The summed E-state index contributed by atoms with van der Waals surface area (Å²) in [5.74, 6) is 1.73. The molecule has 1 amide bonds. The third kappa shape index (κ3) is 5.11. The molecule has 2 heterocycles. The van der Waals surface area contributed by atoms with E-state index in [1.54, 1.807) is 4.90 Å². The second-order valence-electron chi connectivity index (χ2n) is 9.06. The Bertz CT molecular complexity index is 561. The number of ether oxygens (including phenoxy) is 1. The van der Waals surface area contributed by atoms with E-state index < -0.39 is 0 Å². The Balaban J connectivity index is 0.00000280. The average molecular weight is 507 g/mol. The highest BCUT2D eigenvalue weighted by Crippen LogP contribution is 2.52. The molecule has 2 N–H and O–H groups in total. The fourth-order valence-corrected chi connectivity index (χ4v) is 4.91. The van der Waals surface area contributed by atoms with Crippen molar-refractivity contribution in [2.24, 2.45) is 16.3 Å². The maximum Gasteiger partial charge on any atom is 0.223 e. The fraction of sp³-hybridized carbons (Fsp3) is 0.900. The van der Waals surface area contributed by atoms with Gasteiger partial charge in [-0.15, -0.1) is 24.0 Å². The molecule has 3 atom stereocenters. The lowest BCUT2D eigenvalue weighted by molar-refractivity contribution is -0.129. The Hall–Kier alpha value is -0.610. The summed E-state index contributed by atoms with van der Waals surface area (Å²) in [6, 6.07) is 0.865. The van der Waals surface area contributed by atoms with Crippen molar-refractivity contribution in [1.82, 2.24) is 20.4 Å². The van der Waals surface area contributed by atoms with Crippen molar-refractivity contribution >= 4 is 35.8 Å². The lowest BCUT2D eigenvalue weighted by Crippen LogP contribution is -2.68. The zero-order valence-corrected chi connectivity index (χ0v) is 20.4. The summed E-state index contributed by atoms with van der Waals surface area (Å²) in [5, 5.41) is 7.29. The third-order valence-corrected chi connectivity index (χ3v) is 6.69. The predicted octanol–water partition coefficient (Wildman–Crippen LogP) is 1.53. The molecule has 3 rings (SSSR count). The van der Waals surface area contributed by atoms with Gasteiger partial charge in [-0.05, 0) is 19.3 Å². The molecule has 0 aromatic carbocycles. The Morgan fingerprint density at radius 3 is 2.50 bits per heavy atom. The van der Waals surface area contributed by atoms with Gasteiger partial charge in [0, 0.05) is 77.2 Å². The van der Waals surface area contributed by atoms with E-state index in [0.29, 0.717) is 30.5 Å². The number of halogens is 1. The molecule has 0 aromatic heterocycles. The van der Waals surface area contributed by atoms with Gasteiger partial charge in [-0.1, -0.05) is 13.8 Å². The zero-order chi connectivity index (χ0) is 19.6. The molecule has 7 nitrogen and oxygen atoms in total. The molecule has 3 fully saturated rings. The molecule has 162 valence electrons. The highest BCUT2D eigenvalue weighted by atomic mass is 127. The summed E-state index contributed by atoms with van der Waals surface area (Å²) in [7, 11) is 5.49. The van der Waals surface area contributed by atoms with Gasteiger partial charge in [0.1, 0.15) is 0 Å². The van der Waals surface area contributed by atoms with Crippen LogP contribution in [0.4, 0.5) is 0 Å². The fourth-order valence-electron chi connectivity index (χ4n) is 4.91. The van der Waals surface area contributed by atoms with Crippen LogP contribution in [-0.4, -0.2) is 87.2 Å². The molecule has 2 saturated heterocycles. The van der Waals surface area contributed by atoms with Crippen molar-refractivity contribution in [3.05, 3.63) is 0 Å². The first-order valence-electron chi connectivity index (χ1n) is 10.4. The third-order valence-electron chi connectivity index (χ3n) is 6.69. The molecular formula is C20H38IN5O2. The highest BCUT2D eigenvalue weighted by molar-refractivity contribution is 14.0. The molecule has 2 aliphatic heterocycles. The Morgan fingerprint density at radius 2 is 1.89 bits per heavy atom. The van der Waals surface area contributed by atoms with Crippen molar-refractivity contribution in [3.8, 4) is 0 Å². The molecule has 0 bridgehead atoms. The maximum absolute atomic E-state index is 11.8. The van der Waals surface area contributed by atoms with Crippen molar-refractivity contribution in [2.45, 2.75) is 57.7 Å². The minimum absolute atomic E-state index is 0. The van der Waals surface area contributed by atoms with Gasteiger partial charge in [0.25, 0.3) is 0 Å². The molecule has 0 spiro atoms. The molecule has 3 aliphatic rings. The largest absolute Gasteiger partial charge is 0.377 e. The quantitative estimate of drug-likeness (QED) is 0.336. The van der Waals surface area contributed by atoms with Gasteiger partial charge >= 0.3 is 0 Å². The van der Waals surface area contributed by atoms with Crippen LogP contribution in [0.2, 0.25) is 0 Å². The van der Waals surface area contributed by atoms with Crippen molar-refractivity contribution in [2.75, 3.05) is 47.4 Å². The van der Waals surface area contributed by atoms with E-state index in [0.717, 1.165) is 51.5 Å². The van der Waals surface area contributed by atoms with Crippen LogP contribution in [0, 0.1) is 11.3 Å². The van der Waals surface area contributed by atoms with Crippen molar-refractivity contribution in [1.29, 1.82) is 0 Å². The standard InChI is InChI=1S/C20H37N5O2.HI/c1-20(2)17(15-9-13-27-18(15)20)23-19(21-3)22-14-6-10-25(11-7-14)12-8-16(26)24(4)5;/h14-15,17-18H,6-13H2,1-5H3,(H2,21,22,23);1H. The molecule has 1 aliphatic carbocycles. The van der Waals surface area contributed by atoms with Crippen LogP contribution < -0.4 is 10.6 Å². The van der Waals surface area contributed by atoms with Gasteiger partial charge in [-0.3, -0.25) is 9.79 Å². The van der Waals surface area contributed by atoms with Crippen LogP contribution in [0.15, 0.2) is 4.99 Å². The van der Waals surface area contributed by atoms with Crippen LogP contribution >= 0.6 is 24.0 Å². The number of guanidine groups is 1. The van der Waals surface area contributed by atoms with E-state index in [1.165, 1.54) is 0 Å². The number of piperidine rings is 1. The smallest absolute Gasteiger partial charge is 0.223 e. The van der Waals surface area contributed by atoms with E-state index in [2.05, 4.69) is 34.4 Å². The van der Waals surface area contributed by atoms with Crippen LogP contribution in [0.25, 0.3) is 0 Å². The normalized spacial score (nSPS) is 30.0. The second-order valence-corrected chi connectivity index (χ2v) is 9.06. The highest BCUT2D eigenvalue weighted by Gasteiger charge is 2.59. The number of nitrogens with one attached hydrogen (secondary N) is 2. The molecule has 0 aromatic rings. The van der Waals surface area contributed by atoms with Crippen LogP contribution in [0.3, 0.4) is 0 Å². The van der Waals surface area contributed by atoms with Gasteiger partial charge < -0.3 is 25.2 Å². The Morgan fingerprint density at radius 1 is 1.21 bits per heavy atom. The first-order chi connectivity index (χ1) is 12.8. The predicted molar refractivity (Wildman–Crippen MR) is 123 cm³/mol. The number of nitrogens with zero attached hydrogens (tertiary/aromatic N) is 3. The SMILES string of the molecule is CN=C(NC1CCN(CCC(=O)N(C)C)CC1)NC1C2CCOC2C1(C)C.I. The second kappa shape index (κ2) is 9.93. The minimum atomic E-state index is 0. The van der Waals surface area contributed by atoms with E-state index in [-0.39, 0.29) is 35.3 Å². The maximum atomic E-state index is 11.8. The monoisotopic (exact) mass is 507 g/mol. The molecular weight excluding hydrogens is 469 g/mol. The van der Waals surface area contributed by atoms with Gasteiger partial charge in [-0.25, -0.2) is 0 Å². The Kier molecular flexibility index (Phi) is 8.39. The molecule has 1 saturated carbocycles. The topological polar surface area (TPSA) is 69.2 Å². The summed E-state index contributed by atoms with van der Waals surface area (Å²) in [6.07, 6.45) is 4.31. The number of hydrogen-bond donors (Lipinski definition) is 2. The first-order valence-corrected chi connectivity index (χ1v) is 10.4. The van der Waals surface area contributed by atoms with Gasteiger partial charge in [0.2, 0.25) is 5.91 Å². The minimum Gasteiger partial charge on any atom is -0.377 e. The van der Waals surface area contributed by atoms with Crippen LogP contribution in [0.1, 0.15) is 39.5 Å². The van der Waals surface area contributed by atoms with E-state index in [1.807, 2.05) is 21.1 Å². The summed E-state index contributed by atoms with van der Waals surface area (Å²) in [5.41, 5.74) is 0.154. The summed E-state index contributed by atoms with van der Waals surface area (Å²) in [4.78, 5) is 20.3. The van der Waals surface area contributed by atoms with Crippen LogP contribution in [0.5, 0.6) is 0 Å². The summed E-state index contributed by atoms with van der Waals surface area (Å²) in [6.45, 7) is 8.38. The van der Waals surface area contributed by atoms with E-state index >= 15 is 0 Å². The molecule has 28 heavy (non-hydrogen) atoms. The van der Waals surface area contributed by atoms with Crippen molar-refractivity contribution in [3.63, 3.8) is 0 Å². The number of amides is 1. The number of carbonyl (C=O) groups is 1. The molecule has 0 radical (unpaired) electrons. The lowest BCUT2D eigenvalue weighted by Gasteiger charge is -2.55. The number of aliphatic imine (C=N–C) groups is 1. The number of carbonyl (C=O) groups excluding carboxylic acids is 1. The number of fused-ring (bicyclic) bond motifs is 1. The molecule has 3 unspecified atom stereocenters. The summed E-state index contributed by atoms with van der Waals surface area (Å²) >= 11 is 0. The molecule has 8 heteroatoms. The summed E-state index contributed by atoms with van der Waals surface area (Å²) < 4.78 is 5.90. The lowest BCUT2D eigenvalue weighted by atomic mass is 9.57. The average Bonchev–Trinajstić information content (AvgIpc) is 3.11. The number of rotatable bonds is 5. The van der Waals surface area contributed by atoms with Gasteiger partial charge in [0.15, 0.2) is 5.96 Å². The van der Waals surface area contributed by atoms with Crippen LogP contribution in [-0.2, 0) is 9.53 Å². The number of hydrogen-bond acceptors (Lipinski definition) is 4. The van der Waals surface area contributed by atoms with Gasteiger partial charge in [0.05, 0.1) is 6.10 Å².